The normalized spacial score (nSPS) is 12.2. The summed E-state index contributed by atoms with van der Waals surface area (Å²) in [5, 5.41) is 7.68. The number of rotatable bonds is 7. The maximum atomic E-state index is 5.42. The number of guanidine groups is 1. The SMILES string of the molecule is CN=C(NCC(C)Cn1cccn1)N(C)Cc1ccccc1OC.I. The molecule has 0 aliphatic carbocycles. The number of hydrogen-bond acceptors (Lipinski definition) is 3. The molecule has 1 aromatic heterocycles. The van der Waals surface area contributed by atoms with Crippen molar-refractivity contribution in [3.63, 3.8) is 0 Å². The number of ether oxygens (including phenoxy) is 1. The van der Waals surface area contributed by atoms with Crippen LogP contribution in [0.3, 0.4) is 0 Å². The summed E-state index contributed by atoms with van der Waals surface area (Å²) in [5.41, 5.74) is 1.13. The van der Waals surface area contributed by atoms with Gasteiger partial charge in [-0.05, 0) is 18.1 Å². The van der Waals surface area contributed by atoms with Crippen molar-refractivity contribution in [1.82, 2.24) is 20.0 Å². The van der Waals surface area contributed by atoms with Gasteiger partial charge in [0.05, 0.1) is 7.11 Å². The van der Waals surface area contributed by atoms with Gasteiger partial charge in [0.2, 0.25) is 0 Å². The lowest BCUT2D eigenvalue weighted by Crippen LogP contribution is -2.40. The van der Waals surface area contributed by atoms with Gasteiger partial charge >= 0.3 is 0 Å². The molecule has 138 valence electrons. The van der Waals surface area contributed by atoms with E-state index in [0.717, 1.165) is 36.9 Å². The fraction of sp³-hybridized carbons (Fsp3) is 0.444. The lowest BCUT2D eigenvalue weighted by atomic mass is 10.2. The molecular formula is C18H28IN5O. The molecule has 0 saturated heterocycles. The second kappa shape index (κ2) is 11.0. The Labute approximate surface area is 167 Å². The van der Waals surface area contributed by atoms with Gasteiger partial charge < -0.3 is 15.0 Å². The van der Waals surface area contributed by atoms with E-state index < -0.39 is 0 Å². The molecule has 2 aromatic rings. The third-order valence-corrected chi connectivity index (χ3v) is 3.84. The first-order valence-corrected chi connectivity index (χ1v) is 8.15. The summed E-state index contributed by atoms with van der Waals surface area (Å²) in [6, 6.07) is 10.00. The van der Waals surface area contributed by atoms with E-state index >= 15 is 0 Å². The first kappa shape index (κ1) is 21.3. The highest BCUT2D eigenvalue weighted by Crippen LogP contribution is 2.18. The molecule has 1 heterocycles. The van der Waals surface area contributed by atoms with Gasteiger partial charge in [0.25, 0.3) is 0 Å². The fourth-order valence-electron chi connectivity index (χ4n) is 2.61. The zero-order valence-corrected chi connectivity index (χ0v) is 17.7. The quantitative estimate of drug-likeness (QED) is 0.395. The largest absolute Gasteiger partial charge is 0.496 e. The Morgan fingerprint density at radius 1 is 1.36 bits per heavy atom. The molecule has 1 atom stereocenters. The van der Waals surface area contributed by atoms with Crippen molar-refractivity contribution in [2.24, 2.45) is 10.9 Å². The Hall–Kier alpha value is -1.77. The van der Waals surface area contributed by atoms with Crippen LogP contribution in [0.25, 0.3) is 0 Å². The van der Waals surface area contributed by atoms with Crippen molar-refractivity contribution in [2.75, 3.05) is 27.7 Å². The minimum Gasteiger partial charge on any atom is -0.496 e. The molecule has 1 aromatic carbocycles. The number of aliphatic imine (C=N–C) groups is 1. The van der Waals surface area contributed by atoms with Crippen molar-refractivity contribution in [3.8, 4) is 5.75 Å². The second-order valence-corrected chi connectivity index (χ2v) is 5.93. The topological polar surface area (TPSA) is 54.7 Å². The molecule has 0 aliphatic heterocycles. The van der Waals surface area contributed by atoms with Crippen LogP contribution in [0.2, 0.25) is 0 Å². The van der Waals surface area contributed by atoms with Crippen LogP contribution in [-0.2, 0) is 13.1 Å². The molecular weight excluding hydrogens is 429 g/mol. The van der Waals surface area contributed by atoms with Gasteiger partial charge in [0.1, 0.15) is 5.75 Å². The van der Waals surface area contributed by atoms with E-state index in [9.17, 15) is 0 Å². The number of aromatic nitrogens is 2. The molecule has 0 radical (unpaired) electrons. The Kier molecular flexibility index (Phi) is 9.33. The number of benzene rings is 1. The maximum Gasteiger partial charge on any atom is 0.193 e. The van der Waals surface area contributed by atoms with Gasteiger partial charge in [-0.3, -0.25) is 9.67 Å². The van der Waals surface area contributed by atoms with Crippen LogP contribution in [0.4, 0.5) is 0 Å². The minimum atomic E-state index is 0. The highest BCUT2D eigenvalue weighted by molar-refractivity contribution is 14.0. The highest BCUT2D eigenvalue weighted by atomic mass is 127. The smallest absolute Gasteiger partial charge is 0.193 e. The van der Waals surface area contributed by atoms with Crippen molar-refractivity contribution < 1.29 is 4.74 Å². The summed E-state index contributed by atoms with van der Waals surface area (Å²) in [4.78, 5) is 6.47. The number of methoxy groups -OCH3 is 1. The molecule has 0 amide bonds. The van der Waals surface area contributed by atoms with Gasteiger partial charge in [0, 0.05) is 51.7 Å². The van der Waals surface area contributed by atoms with Gasteiger partial charge in [-0.15, -0.1) is 24.0 Å². The van der Waals surface area contributed by atoms with Crippen LogP contribution >= 0.6 is 24.0 Å². The Morgan fingerprint density at radius 2 is 2.12 bits per heavy atom. The third kappa shape index (κ3) is 6.56. The Morgan fingerprint density at radius 3 is 2.76 bits per heavy atom. The summed E-state index contributed by atoms with van der Waals surface area (Å²) >= 11 is 0. The Balaban J connectivity index is 0.00000312. The number of halogens is 1. The van der Waals surface area contributed by atoms with Crippen LogP contribution in [0.1, 0.15) is 12.5 Å². The fourth-order valence-corrected chi connectivity index (χ4v) is 2.61. The van der Waals surface area contributed by atoms with Crippen molar-refractivity contribution in [2.45, 2.75) is 20.0 Å². The Bertz CT molecular complexity index is 645. The van der Waals surface area contributed by atoms with Crippen molar-refractivity contribution in [1.29, 1.82) is 0 Å². The van der Waals surface area contributed by atoms with E-state index in [-0.39, 0.29) is 24.0 Å². The zero-order valence-electron chi connectivity index (χ0n) is 15.3. The van der Waals surface area contributed by atoms with Gasteiger partial charge in [0.15, 0.2) is 5.96 Å². The maximum absolute atomic E-state index is 5.42. The molecule has 1 N–H and O–H groups in total. The van der Waals surface area contributed by atoms with Crippen LogP contribution in [0.5, 0.6) is 5.75 Å². The summed E-state index contributed by atoms with van der Waals surface area (Å²) in [7, 11) is 5.53. The van der Waals surface area contributed by atoms with Crippen LogP contribution in [0.15, 0.2) is 47.7 Å². The number of hydrogen-bond donors (Lipinski definition) is 1. The standard InChI is InChI=1S/C18H27N5O.HI/c1-15(13-23-11-7-10-21-23)12-20-18(19-2)22(3)14-16-8-5-6-9-17(16)24-4;/h5-11,15H,12-14H2,1-4H3,(H,19,20);1H. The van der Waals surface area contributed by atoms with E-state index in [2.05, 4.69) is 33.3 Å². The summed E-state index contributed by atoms with van der Waals surface area (Å²) in [5.74, 6) is 2.21. The molecule has 0 spiro atoms. The average molecular weight is 457 g/mol. The second-order valence-electron chi connectivity index (χ2n) is 5.93. The molecule has 25 heavy (non-hydrogen) atoms. The van der Waals surface area contributed by atoms with Crippen LogP contribution in [-0.4, -0.2) is 48.4 Å². The molecule has 0 fully saturated rings. The van der Waals surface area contributed by atoms with Crippen molar-refractivity contribution in [3.05, 3.63) is 48.3 Å². The van der Waals surface area contributed by atoms with E-state index in [1.54, 1.807) is 20.4 Å². The van der Waals surface area contributed by atoms with Crippen LogP contribution in [0, 0.1) is 5.92 Å². The predicted octanol–water partition coefficient (Wildman–Crippen LogP) is 2.85. The monoisotopic (exact) mass is 457 g/mol. The molecule has 0 bridgehead atoms. The summed E-state index contributed by atoms with van der Waals surface area (Å²) < 4.78 is 7.37. The molecule has 6 nitrogen and oxygen atoms in total. The number of nitrogens with one attached hydrogen (secondary N) is 1. The first-order valence-electron chi connectivity index (χ1n) is 8.15. The molecule has 0 aliphatic rings. The van der Waals surface area contributed by atoms with E-state index in [4.69, 9.17) is 4.74 Å². The highest BCUT2D eigenvalue weighted by Gasteiger charge is 2.11. The minimum absolute atomic E-state index is 0. The van der Waals surface area contributed by atoms with E-state index in [1.807, 2.05) is 42.2 Å². The molecule has 2 rings (SSSR count). The molecule has 0 saturated carbocycles. The van der Waals surface area contributed by atoms with Gasteiger partial charge in [-0.1, -0.05) is 25.1 Å². The van der Waals surface area contributed by atoms with Crippen molar-refractivity contribution >= 4 is 29.9 Å². The number of nitrogens with zero attached hydrogens (tertiary/aromatic N) is 4. The van der Waals surface area contributed by atoms with E-state index in [0.29, 0.717) is 5.92 Å². The lowest BCUT2D eigenvalue weighted by Gasteiger charge is -2.24. The lowest BCUT2D eigenvalue weighted by molar-refractivity contribution is 0.392. The predicted molar refractivity (Wildman–Crippen MR) is 113 cm³/mol. The number of para-hydroxylation sites is 1. The average Bonchev–Trinajstić information content (AvgIpc) is 3.08. The zero-order chi connectivity index (χ0) is 17.4. The van der Waals surface area contributed by atoms with Gasteiger partial charge in [-0.25, -0.2) is 0 Å². The first-order chi connectivity index (χ1) is 11.6. The van der Waals surface area contributed by atoms with E-state index in [1.165, 1.54) is 0 Å². The summed E-state index contributed by atoms with van der Waals surface area (Å²) in [6.07, 6.45) is 3.79. The summed E-state index contributed by atoms with van der Waals surface area (Å²) in [6.45, 7) is 4.65. The third-order valence-electron chi connectivity index (χ3n) is 3.84. The molecule has 7 heteroatoms. The van der Waals surface area contributed by atoms with Gasteiger partial charge in [-0.2, -0.15) is 5.10 Å². The molecule has 1 unspecified atom stereocenters. The van der Waals surface area contributed by atoms with Crippen LogP contribution < -0.4 is 10.1 Å².